The van der Waals surface area contributed by atoms with Crippen molar-refractivity contribution in [1.82, 2.24) is 19.9 Å². The second-order valence-electron chi connectivity index (χ2n) is 7.14. The van der Waals surface area contributed by atoms with Crippen LogP contribution in [-0.4, -0.2) is 65.4 Å². The van der Waals surface area contributed by atoms with Crippen LogP contribution in [0.3, 0.4) is 0 Å². The summed E-state index contributed by atoms with van der Waals surface area (Å²) in [4.78, 5) is 25.6. The number of likely N-dealkylation sites (tertiary alicyclic amines) is 1. The SMILES string of the molecule is COC(=O)c1ccc2nc(COC3CN(Cc4cccc(OC)n4)CC3F)[nH]c2c1. The molecule has 9 heteroatoms. The van der Waals surface area contributed by atoms with Gasteiger partial charge in [0.2, 0.25) is 5.88 Å². The second kappa shape index (κ2) is 8.76. The van der Waals surface area contributed by atoms with E-state index >= 15 is 0 Å². The van der Waals surface area contributed by atoms with Crippen molar-refractivity contribution in [2.75, 3.05) is 27.3 Å². The molecule has 2 atom stereocenters. The summed E-state index contributed by atoms with van der Waals surface area (Å²) >= 11 is 0. The van der Waals surface area contributed by atoms with Crippen molar-refractivity contribution >= 4 is 17.0 Å². The molecule has 0 bridgehead atoms. The molecule has 0 saturated carbocycles. The molecule has 1 aromatic carbocycles. The number of alkyl halides is 1. The van der Waals surface area contributed by atoms with Crippen molar-refractivity contribution in [2.24, 2.45) is 0 Å². The predicted octanol–water partition coefficient (Wildman–Crippen LogP) is 2.49. The number of ether oxygens (including phenoxy) is 3. The molecule has 4 rings (SSSR count). The minimum Gasteiger partial charge on any atom is -0.481 e. The van der Waals surface area contributed by atoms with Gasteiger partial charge < -0.3 is 19.2 Å². The van der Waals surface area contributed by atoms with Crippen LogP contribution >= 0.6 is 0 Å². The summed E-state index contributed by atoms with van der Waals surface area (Å²) in [5.41, 5.74) is 2.66. The molecule has 2 aromatic heterocycles. The molecule has 3 heterocycles. The Hall–Kier alpha value is -3.04. The highest BCUT2D eigenvalue weighted by molar-refractivity contribution is 5.93. The summed E-state index contributed by atoms with van der Waals surface area (Å²) in [7, 11) is 2.90. The Bertz CT molecular complexity index is 1040. The van der Waals surface area contributed by atoms with E-state index in [-0.39, 0.29) is 13.2 Å². The number of aromatic amines is 1. The van der Waals surface area contributed by atoms with Crippen LogP contribution in [0.2, 0.25) is 0 Å². The van der Waals surface area contributed by atoms with Crippen molar-refractivity contribution in [2.45, 2.75) is 25.4 Å². The Morgan fingerprint density at radius 2 is 2.10 bits per heavy atom. The van der Waals surface area contributed by atoms with Crippen molar-refractivity contribution < 1.29 is 23.4 Å². The fourth-order valence-electron chi connectivity index (χ4n) is 3.54. The maximum Gasteiger partial charge on any atom is 0.337 e. The third kappa shape index (κ3) is 4.42. The molecule has 158 valence electrons. The van der Waals surface area contributed by atoms with E-state index < -0.39 is 18.2 Å². The zero-order valence-corrected chi connectivity index (χ0v) is 16.8. The number of nitrogens with zero attached hydrogens (tertiary/aromatic N) is 3. The van der Waals surface area contributed by atoms with Crippen LogP contribution in [0.15, 0.2) is 36.4 Å². The number of pyridine rings is 1. The Kier molecular flexibility index (Phi) is 5.91. The van der Waals surface area contributed by atoms with Crippen molar-refractivity contribution in [3.8, 4) is 5.88 Å². The minimum atomic E-state index is -1.09. The normalized spacial score (nSPS) is 19.3. The van der Waals surface area contributed by atoms with Gasteiger partial charge >= 0.3 is 5.97 Å². The molecule has 0 radical (unpaired) electrons. The zero-order valence-electron chi connectivity index (χ0n) is 16.8. The Morgan fingerprint density at radius 1 is 1.23 bits per heavy atom. The summed E-state index contributed by atoms with van der Waals surface area (Å²) in [6.45, 7) is 1.43. The van der Waals surface area contributed by atoms with Gasteiger partial charge in [0.1, 0.15) is 24.7 Å². The van der Waals surface area contributed by atoms with E-state index in [0.29, 0.717) is 41.4 Å². The van der Waals surface area contributed by atoms with Crippen LogP contribution in [0.5, 0.6) is 5.88 Å². The van der Waals surface area contributed by atoms with Gasteiger partial charge in [-0.3, -0.25) is 4.90 Å². The van der Waals surface area contributed by atoms with Gasteiger partial charge in [0, 0.05) is 25.7 Å². The first-order valence-electron chi connectivity index (χ1n) is 9.60. The molecule has 0 spiro atoms. The minimum absolute atomic E-state index is 0.151. The molecule has 0 amide bonds. The number of nitrogens with one attached hydrogen (secondary N) is 1. The molecule has 0 aliphatic carbocycles. The summed E-state index contributed by atoms with van der Waals surface area (Å²) in [5, 5.41) is 0. The predicted molar refractivity (Wildman–Crippen MR) is 107 cm³/mol. The quantitative estimate of drug-likeness (QED) is 0.594. The van der Waals surface area contributed by atoms with Crippen LogP contribution in [-0.2, 0) is 22.6 Å². The number of esters is 1. The van der Waals surface area contributed by atoms with Gasteiger partial charge in [0.05, 0.1) is 36.5 Å². The third-order valence-corrected chi connectivity index (χ3v) is 5.04. The number of halogens is 1. The zero-order chi connectivity index (χ0) is 21.1. The molecule has 1 N–H and O–H groups in total. The second-order valence-corrected chi connectivity index (χ2v) is 7.14. The topological polar surface area (TPSA) is 89.6 Å². The van der Waals surface area contributed by atoms with Crippen molar-refractivity contribution in [1.29, 1.82) is 0 Å². The molecular weight excluding hydrogens is 391 g/mol. The average Bonchev–Trinajstić information content (AvgIpc) is 3.33. The number of carbonyl (C=O) groups excluding carboxylic acids is 1. The number of H-pyrrole nitrogens is 1. The number of fused-ring (bicyclic) bond motifs is 1. The number of hydrogen-bond acceptors (Lipinski definition) is 7. The summed E-state index contributed by atoms with van der Waals surface area (Å²) in [6, 6.07) is 10.6. The molecule has 8 nitrogen and oxygen atoms in total. The van der Waals surface area contributed by atoms with Gasteiger partial charge in [-0.1, -0.05) is 6.07 Å². The number of methoxy groups -OCH3 is 2. The van der Waals surface area contributed by atoms with E-state index in [1.807, 2.05) is 17.0 Å². The number of rotatable bonds is 7. The van der Waals surface area contributed by atoms with Gasteiger partial charge in [-0.2, -0.15) is 0 Å². The van der Waals surface area contributed by atoms with Crippen molar-refractivity contribution in [3.63, 3.8) is 0 Å². The lowest BCUT2D eigenvalue weighted by atomic mass is 10.2. The maximum absolute atomic E-state index is 14.5. The highest BCUT2D eigenvalue weighted by atomic mass is 19.1. The number of benzene rings is 1. The molecule has 1 fully saturated rings. The van der Waals surface area contributed by atoms with Crippen LogP contribution in [0.1, 0.15) is 21.9 Å². The maximum atomic E-state index is 14.5. The largest absolute Gasteiger partial charge is 0.481 e. The van der Waals surface area contributed by atoms with Gasteiger partial charge in [0.15, 0.2) is 0 Å². The molecule has 30 heavy (non-hydrogen) atoms. The van der Waals surface area contributed by atoms with Gasteiger partial charge in [-0.25, -0.2) is 19.2 Å². The van der Waals surface area contributed by atoms with Gasteiger partial charge in [-0.15, -0.1) is 0 Å². The third-order valence-electron chi connectivity index (χ3n) is 5.04. The Morgan fingerprint density at radius 3 is 2.90 bits per heavy atom. The van der Waals surface area contributed by atoms with Crippen LogP contribution in [0, 0.1) is 0 Å². The number of carbonyl (C=O) groups is 1. The van der Waals surface area contributed by atoms with Gasteiger partial charge in [-0.05, 0) is 24.3 Å². The van der Waals surface area contributed by atoms with E-state index in [0.717, 1.165) is 5.69 Å². The molecule has 1 aliphatic rings. The number of hydrogen-bond donors (Lipinski definition) is 1. The number of imidazole rings is 1. The van der Waals surface area contributed by atoms with Crippen LogP contribution in [0.25, 0.3) is 11.0 Å². The lowest BCUT2D eigenvalue weighted by Gasteiger charge is -2.15. The van der Waals surface area contributed by atoms with Crippen LogP contribution in [0.4, 0.5) is 4.39 Å². The standard InChI is InChI=1S/C21H23FN4O4/c1-28-20-5-3-4-14(23-20)9-26-10-15(22)18(11-26)30-12-19-24-16-7-6-13(21(27)29-2)8-17(16)25-19/h3-8,15,18H,9-12H2,1-2H3,(H,24,25). The molecule has 3 aromatic rings. The first-order valence-corrected chi connectivity index (χ1v) is 9.60. The van der Waals surface area contributed by atoms with E-state index in [1.54, 1.807) is 31.4 Å². The number of aromatic nitrogens is 3. The molecular formula is C21H23FN4O4. The first-order chi connectivity index (χ1) is 14.6. The van der Waals surface area contributed by atoms with Crippen molar-refractivity contribution in [3.05, 3.63) is 53.5 Å². The first kappa shape index (κ1) is 20.2. The monoisotopic (exact) mass is 414 g/mol. The Labute approximate surface area is 173 Å². The smallest absolute Gasteiger partial charge is 0.337 e. The summed E-state index contributed by atoms with van der Waals surface area (Å²) in [6.07, 6.45) is -1.64. The fourth-order valence-corrected chi connectivity index (χ4v) is 3.54. The molecule has 2 unspecified atom stereocenters. The Balaban J connectivity index is 1.36. The van der Waals surface area contributed by atoms with Gasteiger partial charge in [0.25, 0.3) is 0 Å². The average molecular weight is 414 g/mol. The van der Waals surface area contributed by atoms with E-state index in [4.69, 9.17) is 14.2 Å². The summed E-state index contributed by atoms with van der Waals surface area (Å²) in [5.74, 6) is 0.699. The van der Waals surface area contributed by atoms with E-state index in [2.05, 4.69) is 15.0 Å². The lowest BCUT2D eigenvalue weighted by molar-refractivity contribution is 0.00861. The van der Waals surface area contributed by atoms with E-state index in [9.17, 15) is 9.18 Å². The molecule has 1 saturated heterocycles. The highest BCUT2D eigenvalue weighted by Gasteiger charge is 2.34. The molecule has 1 aliphatic heterocycles. The fraction of sp³-hybridized carbons (Fsp3) is 0.381. The highest BCUT2D eigenvalue weighted by Crippen LogP contribution is 2.21. The lowest BCUT2D eigenvalue weighted by Crippen LogP contribution is -2.24. The summed E-state index contributed by atoms with van der Waals surface area (Å²) < 4.78 is 30.1. The van der Waals surface area contributed by atoms with E-state index in [1.165, 1.54) is 7.11 Å². The van der Waals surface area contributed by atoms with Crippen LogP contribution < -0.4 is 4.74 Å².